The maximum absolute atomic E-state index is 12.2. The van der Waals surface area contributed by atoms with Crippen molar-refractivity contribution in [1.29, 1.82) is 5.26 Å². The first-order valence-electron chi connectivity index (χ1n) is 10.2. The van der Waals surface area contributed by atoms with Crippen molar-refractivity contribution < 1.29 is 9.53 Å². The maximum Gasteiger partial charge on any atom is 0.262 e. The van der Waals surface area contributed by atoms with Gasteiger partial charge in [-0.25, -0.2) is 4.98 Å². The molecular formula is C24H22ClN5O2S. The van der Waals surface area contributed by atoms with Crippen molar-refractivity contribution in [3.8, 4) is 22.4 Å². The van der Waals surface area contributed by atoms with Crippen LogP contribution in [0.15, 0.2) is 48.8 Å². The van der Waals surface area contributed by atoms with Crippen LogP contribution in [0.5, 0.6) is 5.75 Å². The van der Waals surface area contributed by atoms with Crippen molar-refractivity contribution in [3.63, 3.8) is 0 Å². The molecule has 1 atom stereocenters. The van der Waals surface area contributed by atoms with Crippen LogP contribution in [0.3, 0.4) is 0 Å². The molecule has 2 N–H and O–H groups in total. The lowest BCUT2D eigenvalue weighted by atomic mass is 10.1. The molecule has 4 rings (SSSR count). The molecule has 0 radical (unpaired) electrons. The highest BCUT2D eigenvalue weighted by molar-refractivity contribution is 7.17. The third kappa shape index (κ3) is 4.71. The Labute approximate surface area is 200 Å². The van der Waals surface area contributed by atoms with Gasteiger partial charge >= 0.3 is 0 Å². The van der Waals surface area contributed by atoms with E-state index in [-0.39, 0.29) is 0 Å². The van der Waals surface area contributed by atoms with Crippen molar-refractivity contribution in [2.45, 2.75) is 19.6 Å². The number of carbonyl (C=O) groups is 1. The highest BCUT2D eigenvalue weighted by atomic mass is 35.5. The number of hydrogen-bond donors (Lipinski definition) is 1. The lowest BCUT2D eigenvalue weighted by Gasteiger charge is -2.17. The Kier molecular flexibility index (Phi) is 6.38. The van der Waals surface area contributed by atoms with E-state index in [4.69, 9.17) is 22.1 Å². The molecule has 0 fully saturated rings. The molecule has 0 aliphatic rings. The van der Waals surface area contributed by atoms with E-state index >= 15 is 0 Å². The highest BCUT2D eigenvalue weighted by Crippen LogP contribution is 2.39. The van der Waals surface area contributed by atoms with Gasteiger partial charge in [0.25, 0.3) is 5.91 Å². The second-order valence-electron chi connectivity index (χ2n) is 7.92. The summed E-state index contributed by atoms with van der Waals surface area (Å²) in [5.41, 5.74) is 9.50. The van der Waals surface area contributed by atoms with Gasteiger partial charge in [0.15, 0.2) is 0 Å². The van der Waals surface area contributed by atoms with Crippen LogP contribution in [0.4, 0.5) is 0 Å². The molecule has 4 aromatic rings. The second-order valence-corrected chi connectivity index (χ2v) is 9.38. The molecule has 0 aliphatic carbocycles. The number of nitrogens with two attached hydrogens (primary N) is 1. The molecule has 0 unspecified atom stereocenters. The summed E-state index contributed by atoms with van der Waals surface area (Å²) in [5.74, 6) is -0.192. The van der Waals surface area contributed by atoms with Crippen LogP contribution in [-0.2, 0) is 6.54 Å². The largest absolute Gasteiger partial charge is 0.484 e. The third-order valence-corrected chi connectivity index (χ3v) is 6.60. The van der Waals surface area contributed by atoms with E-state index in [9.17, 15) is 10.1 Å². The number of nitriles is 1. The number of rotatable bonds is 7. The SMILES string of the molecule is C[C@@H](Oc1cc(-c2cnc3ccc(C#N)cn23)sc1C(N)=O)c1ccc(CN(C)C)cc1Cl. The van der Waals surface area contributed by atoms with Crippen LogP contribution in [0.1, 0.15) is 39.4 Å². The van der Waals surface area contributed by atoms with Crippen molar-refractivity contribution in [2.24, 2.45) is 5.73 Å². The summed E-state index contributed by atoms with van der Waals surface area (Å²) in [6.07, 6.45) is 3.00. The Hall–Kier alpha value is -3.38. The number of fused-ring (bicyclic) bond motifs is 1. The summed E-state index contributed by atoms with van der Waals surface area (Å²) in [4.78, 5) is 19.7. The average molecular weight is 480 g/mol. The minimum atomic E-state index is -0.576. The van der Waals surface area contributed by atoms with Crippen molar-refractivity contribution in [3.05, 3.63) is 75.4 Å². The molecule has 7 nitrogen and oxygen atoms in total. The minimum absolute atomic E-state index is 0.309. The number of imidazole rings is 1. The Morgan fingerprint density at radius 3 is 2.79 bits per heavy atom. The number of halogens is 1. The molecule has 3 aromatic heterocycles. The molecule has 33 heavy (non-hydrogen) atoms. The predicted octanol–water partition coefficient (Wildman–Crippen LogP) is 4.89. The maximum atomic E-state index is 12.2. The van der Waals surface area contributed by atoms with Crippen LogP contribution in [0.25, 0.3) is 16.2 Å². The lowest BCUT2D eigenvalue weighted by molar-refractivity contribution is 0.0998. The van der Waals surface area contributed by atoms with E-state index in [1.54, 1.807) is 30.6 Å². The van der Waals surface area contributed by atoms with Gasteiger partial charge in [0.2, 0.25) is 0 Å². The molecule has 1 aromatic carbocycles. The Morgan fingerprint density at radius 1 is 1.33 bits per heavy atom. The molecule has 1 amide bonds. The smallest absolute Gasteiger partial charge is 0.262 e. The highest BCUT2D eigenvalue weighted by Gasteiger charge is 2.21. The fourth-order valence-electron chi connectivity index (χ4n) is 3.61. The number of nitrogens with zero attached hydrogens (tertiary/aromatic N) is 4. The molecule has 0 saturated heterocycles. The van der Waals surface area contributed by atoms with E-state index in [0.29, 0.717) is 26.9 Å². The van der Waals surface area contributed by atoms with E-state index < -0.39 is 12.0 Å². The van der Waals surface area contributed by atoms with Crippen LogP contribution < -0.4 is 10.5 Å². The zero-order valence-electron chi connectivity index (χ0n) is 18.4. The van der Waals surface area contributed by atoms with Crippen molar-refractivity contribution in [2.75, 3.05) is 14.1 Å². The van der Waals surface area contributed by atoms with Crippen LogP contribution in [0, 0.1) is 11.3 Å². The molecule has 0 spiro atoms. The van der Waals surface area contributed by atoms with E-state index in [1.165, 1.54) is 11.3 Å². The summed E-state index contributed by atoms with van der Waals surface area (Å²) in [6.45, 7) is 2.66. The van der Waals surface area contributed by atoms with Crippen LogP contribution >= 0.6 is 22.9 Å². The molecule has 0 bridgehead atoms. The lowest BCUT2D eigenvalue weighted by Crippen LogP contribution is -2.13. The molecule has 0 aliphatic heterocycles. The summed E-state index contributed by atoms with van der Waals surface area (Å²) < 4.78 is 7.97. The summed E-state index contributed by atoms with van der Waals surface area (Å²) in [7, 11) is 4.00. The summed E-state index contributed by atoms with van der Waals surface area (Å²) in [5, 5.41) is 9.83. The first-order chi connectivity index (χ1) is 15.8. The normalized spacial score (nSPS) is 12.1. The fraction of sp³-hybridized carbons (Fsp3) is 0.208. The van der Waals surface area contributed by atoms with Gasteiger partial charge in [0, 0.05) is 29.4 Å². The van der Waals surface area contributed by atoms with Crippen molar-refractivity contribution >= 4 is 34.5 Å². The van der Waals surface area contributed by atoms with Gasteiger partial charge in [-0.2, -0.15) is 5.26 Å². The number of ether oxygens (including phenoxy) is 1. The summed E-state index contributed by atoms with van der Waals surface area (Å²) >= 11 is 7.75. The van der Waals surface area contributed by atoms with Crippen molar-refractivity contribution in [1.82, 2.24) is 14.3 Å². The van der Waals surface area contributed by atoms with Gasteiger partial charge in [-0.3, -0.25) is 9.20 Å². The molecular weight excluding hydrogens is 458 g/mol. The Bertz CT molecular complexity index is 1390. The van der Waals surface area contributed by atoms with Gasteiger partial charge < -0.3 is 15.4 Å². The quantitative estimate of drug-likeness (QED) is 0.407. The number of carbonyl (C=O) groups excluding carboxylic acids is 1. The van der Waals surface area contributed by atoms with Gasteiger partial charge in [-0.05, 0) is 44.8 Å². The van der Waals surface area contributed by atoms with Gasteiger partial charge in [-0.15, -0.1) is 11.3 Å². The van der Waals surface area contributed by atoms with Gasteiger partial charge in [-0.1, -0.05) is 23.7 Å². The molecule has 0 saturated carbocycles. The average Bonchev–Trinajstić information content (AvgIpc) is 3.36. The van der Waals surface area contributed by atoms with Gasteiger partial charge in [0.05, 0.1) is 22.3 Å². The molecule has 9 heteroatoms. The van der Waals surface area contributed by atoms with Gasteiger partial charge in [0.1, 0.15) is 28.4 Å². The number of hydrogen-bond acceptors (Lipinski definition) is 6. The number of benzene rings is 1. The van der Waals surface area contributed by atoms with E-state index in [2.05, 4.69) is 16.0 Å². The second kappa shape index (κ2) is 9.24. The predicted molar refractivity (Wildman–Crippen MR) is 130 cm³/mol. The number of amides is 1. The fourth-order valence-corrected chi connectivity index (χ4v) is 4.91. The topological polar surface area (TPSA) is 96.6 Å². The monoisotopic (exact) mass is 479 g/mol. The first-order valence-corrected chi connectivity index (χ1v) is 11.4. The van der Waals surface area contributed by atoms with Crippen LogP contribution in [-0.4, -0.2) is 34.3 Å². The number of thiophene rings is 1. The van der Waals surface area contributed by atoms with Crippen LogP contribution in [0.2, 0.25) is 5.02 Å². The van der Waals surface area contributed by atoms with E-state index in [1.807, 2.05) is 43.6 Å². The summed E-state index contributed by atoms with van der Waals surface area (Å²) in [6, 6.07) is 13.3. The number of aromatic nitrogens is 2. The molecule has 168 valence electrons. The Morgan fingerprint density at radius 2 is 2.12 bits per heavy atom. The first kappa shape index (κ1) is 22.8. The standard InChI is InChI=1S/C24H22ClN5O2S/c1-14(17-6-4-15(8-18(17)25)12-29(2)3)32-20-9-21(33-23(20)24(27)31)19-11-28-22-7-5-16(10-26)13-30(19)22/h4-9,11,13-14H,12H2,1-3H3,(H2,27,31)/t14-/m1/s1. The zero-order chi connectivity index (χ0) is 23.7. The Balaban J connectivity index is 1.67. The molecule has 3 heterocycles. The third-order valence-electron chi connectivity index (χ3n) is 5.11. The number of primary amides is 1. The minimum Gasteiger partial charge on any atom is -0.484 e. The van der Waals surface area contributed by atoms with E-state index in [0.717, 1.165) is 28.2 Å². The zero-order valence-corrected chi connectivity index (χ0v) is 19.9. The number of pyridine rings is 1.